The average Bonchev–Trinajstić information content (AvgIpc) is 2.83. The Balaban J connectivity index is 2.33. The van der Waals surface area contributed by atoms with Gasteiger partial charge in [-0.25, -0.2) is 4.98 Å². The normalized spacial score (nSPS) is 11.4. The molecule has 4 nitrogen and oxygen atoms in total. The number of hydrogen-bond acceptors (Lipinski definition) is 3. The largest absolute Gasteiger partial charge is 0.275 e. The van der Waals surface area contributed by atoms with Crippen molar-refractivity contribution >= 4 is 22.4 Å². The highest BCUT2D eigenvalue weighted by Crippen LogP contribution is 2.32. The third kappa shape index (κ3) is 2.16. The molecule has 3 heterocycles. The van der Waals surface area contributed by atoms with Gasteiger partial charge in [-0.05, 0) is 22.9 Å². The minimum absolute atomic E-state index is 0.381. The zero-order valence-corrected chi connectivity index (χ0v) is 12.4. The number of hydrogen-bond donors (Lipinski definition) is 0. The number of halogens is 1. The molecule has 3 aromatic heterocycles. The van der Waals surface area contributed by atoms with E-state index >= 15 is 0 Å². The molecule has 5 heteroatoms. The van der Waals surface area contributed by atoms with Crippen LogP contribution < -0.4 is 0 Å². The predicted molar refractivity (Wildman–Crippen MR) is 80.8 cm³/mol. The Labute approximate surface area is 122 Å². The second-order valence-corrected chi connectivity index (χ2v) is 5.56. The van der Waals surface area contributed by atoms with Crippen molar-refractivity contribution in [1.82, 2.24) is 19.7 Å². The van der Waals surface area contributed by atoms with Crippen molar-refractivity contribution in [3.8, 4) is 11.3 Å². The smallest absolute Gasteiger partial charge is 0.129 e. The summed E-state index contributed by atoms with van der Waals surface area (Å²) in [4.78, 5) is 8.80. The fourth-order valence-electron chi connectivity index (χ4n) is 2.36. The lowest BCUT2D eigenvalue weighted by Crippen LogP contribution is -1.95. The van der Waals surface area contributed by atoms with Crippen LogP contribution in [0.1, 0.15) is 25.3 Å². The van der Waals surface area contributed by atoms with E-state index in [9.17, 15) is 0 Å². The molecule has 3 rings (SSSR count). The van der Waals surface area contributed by atoms with Crippen LogP contribution in [0.5, 0.6) is 0 Å². The highest BCUT2D eigenvalue weighted by atomic mass is 35.5. The summed E-state index contributed by atoms with van der Waals surface area (Å²) in [6, 6.07) is 1.91. The summed E-state index contributed by atoms with van der Waals surface area (Å²) in [7, 11) is 1.89. The Hall–Kier alpha value is -1.94. The van der Waals surface area contributed by atoms with Crippen LogP contribution in [0.4, 0.5) is 0 Å². The molecular formula is C15H15ClN4. The van der Waals surface area contributed by atoms with E-state index in [4.69, 9.17) is 11.6 Å². The highest BCUT2D eigenvalue weighted by molar-refractivity contribution is 6.30. The summed E-state index contributed by atoms with van der Waals surface area (Å²) in [5.74, 6) is 0.381. The molecular weight excluding hydrogens is 272 g/mol. The van der Waals surface area contributed by atoms with Gasteiger partial charge in [-0.15, -0.1) is 0 Å². The lowest BCUT2D eigenvalue weighted by atomic mass is 9.97. The van der Waals surface area contributed by atoms with Gasteiger partial charge < -0.3 is 0 Å². The minimum atomic E-state index is 0.381. The predicted octanol–water partition coefficient (Wildman–Crippen LogP) is 3.81. The van der Waals surface area contributed by atoms with Gasteiger partial charge in [0.2, 0.25) is 0 Å². The molecule has 0 amide bonds. The number of nitrogens with zero attached hydrogens (tertiary/aromatic N) is 4. The zero-order chi connectivity index (χ0) is 14.3. The molecule has 20 heavy (non-hydrogen) atoms. The molecule has 0 aromatic carbocycles. The van der Waals surface area contributed by atoms with Crippen LogP contribution in [0.25, 0.3) is 22.0 Å². The van der Waals surface area contributed by atoms with E-state index in [2.05, 4.69) is 28.9 Å². The van der Waals surface area contributed by atoms with E-state index < -0.39 is 0 Å². The Bertz CT molecular complexity index is 777. The number of rotatable bonds is 2. The molecule has 0 radical (unpaired) electrons. The van der Waals surface area contributed by atoms with Gasteiger partial charge in [0.25, 0.3) is 0 Å². The van der Waals surface area contributed by atoms with Gasteiger partial charge in [-0.3, -0.25) is 9.67 Å². The lowest BCUT2D eigenvalue weighted by molar-refractivity contribution is 0.768. The SMILES string of the molecule is CC(C)c1cnc(-c2cnn(C)c2)c2cnc(Cl)cc12. The minimum Gasteiger partial charge on any atom is -0.275 e. The molecule has 0 atom stereocenters. The third-order valence-electron chi connectivity index (χ3n) is 3.37. The number of aryl methyl sites for hydroxylation is 1. The van der Waals surface area contributed by atoms with E-state index in [0.717, 1.165) is 22.0 Å². The van der Waals surface area contributed by atoms with Crippen molar-refractivity contribution in [2.45, 2.75) is 19.8 Å². The van der Waals surface area contributed by atoms with Crippen molar-refractivity contribution < 1.29 is 0 Å². The van der Waals surface area contributed by atoms with Crippen molar-refractivity contribution in [3.05, 3.63) is 41.6 Å². The van der Waals surface area contributed by atoms with Gasteiger partial charge in [0.1, 0.15) is 5.15 Å². The molecule has 0 saturated carbocycles. The fraction of sp³-hybridized carbons (Fsp3) is 0.267. The maximum Gasteiger partial charge on any atom is 0.129 e. The number of pyridine rings is 2. The first-order chi connectivity index (χ1) is 9.56. The second kappa shape index (κ2) is 4.87. The molecule has 0 aliphatic heterocycles. The molecule has 0 unspecified atom stereocenters. The van der Waals surface area contributed by atoms with E-state index in [1.165, 1.54) is 5.56 Å². The van der Waals surface area contributed by atoms with E-state index in [0.29, 0.717) is 11.1 Å². The lowest BCUT2D eigenvalue weighted by Gasteiger charge is -2.12. The first-order valence-corrected chi connectivity index (χ1v) is 6.87. The van der Waals surface area contributed by atoms with Crippen molar-refractivity contribution in [3.63, 3.8) is 0 Å². The van der Waals surface area contributed by atoms with Crippen LogP contribution in [0, 0.1) is 0 Å². The molecule has 0 spiro atoms. The van der Waals surface area contributed by atoms with Crippen molar-refractivity contribution in [2.75, 3.05) is 0 Å². The van der Waals surface area contributed by atoms with Gasteiger partial charge in [0.05, 0.1) is 11.9 Å². The highest BCUT2D eigenvalue weighted by Gasteiger charge is 2.13. The van der Waals surface area contributed by atoms with Gasteiger partial charge in [-0.2, -0.15) is 5.10 Å². The van der Waals surface area contributed by atoms with E-state index in [-0.39, 0.29) is 0 Å². The van der Waals surface area contributed by atoms with Crippen LogP contribution >= 0.6 is 11.6 Å². The second-order valence-electron chi connectivity index (χ2n) is 5.17. The number of aromatic nitrogens is 4. The summed E-state index contributed by atoms with van der Waals surface area (Å²) in [6.45, 7) is 4.29. The van der Waals surface area contributed by atoms with Crippen molar-refractivity contribution in [1.29, 1.82) is 0 Å². The van der Waals surface area contributed by atoms with Gasteiger partial charge in [0.15, 0.2) is 0 Å². The van der Waals surface area contributed by atoms with Crippen LogP contribution in [0.15, 0.2) is 30.9 Å². The van der Waals surface area contributed by atoms with E-state index in [1.54, 1.807) is 10.9 Å². The maximum atomic E-state index is 6.05. The summed E-state index contributed by atoms with van der Waals surface area (Å²) in [5, 5.41) is 6.82. The fourth-order valence-corrected chi connectivity index (χ4v) is 2.52. The van der Waals surface area contributed by atoms with Crippen LogP contribution in [0.3, 0.4) is 0 Å². The van der Waals surface area contributed by atoms with Crippen LogP contribution in [0.2, 0.25) is 5.15 Å². The first kappa shape index (κ1) is 13.1. The molecule has 0 aliphatic carbocycles. The van der Waals surface area contributed by atoms with Gasteiger partial charge >= 0.3 is 0 Å². The van der Waals surface area contributed by atoms with Gasteiger partial charge in [-0.1, -0.05) is 25.4 Å². The van der Waals surface area contributed by atoms with E-state index in [1.807, 2.05) is 31.7 Å². The summed E-state index contributed by atoms with van der Waals surface area (Å²) in [6.07, 6.45) is 7.47. The molecule has 0 aliphatic rings. The van der Waals surface area contributed by atoms with Crippen LogP contribution in [-0.4, -0.2) is 19.7 Å². The number of fused-ring (bicyclic) bond motifs is 1. The molecule has 0 N–H and O–H groups in total. The Morgan fingerprint density at radius 1 is 1.10 bits per heavy atom. The third-order valence-corrected chi connectivity index (χ3v) is 3.58. The first-order valence-electron chi connectivity index (χ1n) is 6.49. The van der Waals surface area contributed by atoms with Crippen molar-refractivity contribution in [2.24, 2.45) is 7.05 Å². The monoisotopic (exact) mass is 286 g/mol. The molecule has 0 saturated heterocycles. The molecule has 0 bridgehead atoms. The zero-order valence-electron chi connectivity index (χ0n) is 11.6. The molecule has 3 aromatic rings. The summed E-state index contributed by atoms with van der Waals surface area (Å²) in [5.41, 5.74) is 3.05. The average molecular weight is 287 g/mol. The molecule has 0 fully saturated rings. The Morgan fingerprint density at radius 2 is 1.90 bits per heavy atom. The summed E-state index contributed by atoms with van der Waals surface area (Å²) < 4.78 is 1.77. The quantitative estimate of drug-likeness (QED) is 0.673. The Kier molecular flexibility index (Phi) is 3.18. The van der Waals surface area contributed by atoms with Crippen LogP contribution in [-0.2, 0) is 7.05 Å². The topological polar surface area (TPSA) is 43.6 Å². The van der Waals surface area contributed by atoms with Gasteiger partial charge in [0, 0.05) is 36.6 Å². The standard InChI is InChI=1S/C15H15ClN4/c1-9(2)12-6-18-15(10-5-19-20(3)8-10)13-7-17-14(16)4-11(12)13/h4-9H,1-3H3. The maximum absolute atomic E-state index is 6.05. The summed E-state index contributed by atoms with van der Waals surface area (Å²) >= 11 is 6.05. The Morgan fingerprint density at radius 3 is 2.55 bits per heavy atom. The molecule has 102 valence electrons.